The minimum Gasteiger partial charge on any atom is -0.425 e. The van der Waals surface area contributed by atoms with Gasteiger partial charge in [0.25, 0.3) is 5.56 Å². The molecule has 0 saturated heterocycles. The molecule has 0 fully saturated rings. The molecule has 0 spiro atoms. The molecule has 0 atom stereocenters. The Hall–Kier alpha value is -2.54. The van der Waals surface area contributed by atoms with E-state index in [1.165, 1.54) is 11.6 Å². The lowest BCUT2D eigenvalue weighted by atomic mass is 10.2. The first-order valence-corrected chi connectivity index (χ1v) is 8.27. The second-order valence-corrected chi connectivity index (χ2v) is 6.77. The van der Waals surface area contributed by atoms with Gasteiger partial charge in [0.05, 0.1) is 0 Å². The zero-order chi connectivity index (χ0) is 18.3. The lowest BCUT2D eigenvalue weighted by Crippen LogP contribution is -2.37. The summed E-state index contributed by atoms with van der Waals surface area (Å²) in [5.74, 6) is 0.804. The van der Waals surface area contributed by atoms with Crippen LogP contribution in [-0.4, -0.2) is 18.7 Å². The molecule has 0 aliphatic carbocycles. The number of imidazole rings is 1. The van der Waals surface area contributed by atoms with E-state index in [4.69, 9.17) is 16.3 Å². The number of fused-ring (bicyclic) bond motifs is 1. The minimum atomic E-state index is -0.426. The molecule has 3 rings (SSSR count). The average molecular weight is 363 g/mol. The Morgan fingerprint density at radius 3 is 2.36 bits per heavy atom. The zero-order valence-electron chi connectivity index (χ0n) is 14.5. The highest BCUT2D eigenvalue weighted by Gasteiger charge is 2.21. The molecule has 0 saturated carbocycles. The van der Waals surface area contributed by atoms with Crippen LogP contribution in [0.4, 0.5) is 0 Å². The van der Waals surface area contributed by atoms with Crippen molar-refractivity contribution in [3.05, 3.63) is 50.1 Å². The molecular formula is C17H19ClN4O3. The molecular weight excluding hydrogens is 344 g/mol. The number of aromatic nitrogens is 4. The van der Waals surface area contributed by atoms with Crippen molar-refractivity contribution >= 4 is 22.8 Å². The number of rotatable bonds is 4. The summed E-state index contributed by atoms with van der Waals surface area (Å²) in [5, 5.41) is 0.597. The van der Waals surface area contributed by atoms with E-state index in [2.05, 4.69) is 4.98 Å². The Morgan fingerprint density at radius 2 is 1.76 bits per heavy atom. The van der Waals surface area contributed by atoms with Crippen LogP contribution in [0, 0.1) is 5.92 Å². The molecule has 132 valence electrons. The molecule has 0 bridgehead atoms. The van der Waals surface area contributed by atoms with Crippen LogP contribution in [0.3, 0.4) is 0 Å². The van der Waals surface area contributed by atoms with Crippen molar-refractivity contribution in [2.75, 3.05) is 0 Å². The summed E-state index contributed by atoms with van der Waals surface area (Å²) < 4.78 is 10.0. The Labute approximate surface area is 149 Å². The first-order valence-electron chi connectivity index (χ1n) is 7.89. The summed E-state index contributed by atoms with van der Waals surface area (Å²) in [6.45, 7) is 4.60. The zero-order valence-corrected chi connectivity index (χ0v) is 15.2. The summed E-state index contributed by atoms with van der Waals surface area (Å²) in [4.78, 5) is 29.2. The fourth-order valence-electron chi connectivity index (χ4n) is 2.65. The monoisotopic (exact) mass is 362 g/mol. The van der Waals surface area contributed by atoms with Crippen LogP contribution < -0.4 is 16.0 Å². The molecule has 0 amide bonds. The standard InChI is InChI=1S/C17H19ClN4O3/c1-10(2)9-22-13-14(20(3)17(24)21(4)15(13)23)19-16(22)25-12-7-5-11(18)6-8-12/h5-8,10H,9H2,1-4H3. The number of nitrogens with zero attached hydrogens (tertiary/aromatic N) is 4. The number of hydrogen-bond donors (Lipinski definition) is 0. The van der Waals surface area contributed by atoms with Gasteiger partial charge in [0.15, 0.2) is 11.2 Å². The van der Waals surface area contributed by atoms with Gasteiger partial charge in [0.1, 0.15) is 5.75 Å². The number of hydrogen-bond acceptors (Lipinski definition) is 4. The number of ether oxygens (including phenoxy) is 1. The van der Waals surface area contributed by atoms with Crippen molar-refractivity contribution in [2.24, 2.45) is 20.0 Å². The fourth-order valence-corrected chi connectivity index (χ4v) is 2.77. The summed E-state index contributed by atoms with van der Waals surface area (Å²) >= 11 is 5.90. The van der Waals surface area contributed by atoms with Crippen LogP contribution in [0.25, 0.3) is 11.2 Å². The molecule has 7 nitrogen and oxygen atoms in total. The lowest BCUT2D eigenvalue weighted by molar-refractivity contribution is 0.395. The van der Waals surface area contributed by atoms with Crippen LogP contribution >= 0.6 is 11.6 Å². The normalized spacial score (nSPS) is 11.4. The molecule has 2 aromatic heterocycles. The third kappa shape index (κ3) is 3.07. The Kier molecular flexibility index (Phi) is 4.43. The van der Waals surface area contributed by atoms with E-state index in [1.54, 1.807) is 35.9 Å². The van der Waals surface area contributed by atoms with Gasteiger partial charge in [-0.15, -0.1) is 0 Å². The molecule has 0 N–H and O–H groups in total. The van der Waals surface area contributed by atoms with Gasteiger partial charge in [-0.25, -0.2) is 4.79 Å². The van der Waals surface area contributed by atoms with Gasteiger partial charge >= 0.3 is 11.7 Å². The van der Waals surface area contributed by atoms with Crippen molar-refractivity contribution in [1.29, 1.82) is 0 Å². The Balaban J connectivity index is 2.25. The second-order valence-electron chi connectivity index (χ2n) is 6.33. The van der Waals surface area contributed by atoms with Crippen molar-refractivity contribution in [3.63, 3.8) is 0 Å². The van der Waals surface area contributed by atoms with E-state index < -0.39 is 11.2 Å². The molecule has 8 heteroatoms. The third-order valence-corrected chi connectivity index (χ3v) is 4.14. The van der Waals surface area contributed by atoms with Crippen LogP contribution in [-0.2, 0) is 20.6 Å². The molecule has 0 aliphatic rings. The quantitative estimate of drug-likeness (QED) is 0.715. The van der Waals surface area contributed by atoms with Crippen LogP contribution in [0.15, 0.2) is 33.9 Å². The first-order chi connectivity index (χ1) is 11.8. The predicted octanol–water partition coefficient (Wildman–Crippen LogP) is 2.54. The molecule has 0 aliphatic heterocycles. The highest BCUT2D eigenvalue weighted by molar-refractivity contribution is 6.30. The summed E-state index contributed by atoms with van der Waals surface area (Å²) in [6.07, 6.45) is 0. The second kappa shape index (κ2) is 6.40. The van der Waals surface area contributed by atoms with E-state index in [1.807, 2.05) is 13.8 Å². The Bertz CT molecular complexity index is 1040. The first kappa shape index (κ1) is 17.3. The maximum atomic E-state index is 12.6. The smallest absolute Gasteiger partial charge is 0.332 e. The molecule has 1 aromatic carbocycles. The van der Waals surface area contributed by atoms with Gasteiger partial charge in [-0.2, -0.15) is 4.98 Å². The van der Waals surface area contributed by atoms with Crippen molar-refractivity contribution in [2.45, 2.75) is 20.4 Å². The van der Waals surface area contributed by atoms with Gasteiger partial charge in [0, 0.05) is 25.7 Å². The highest BCUT2D eigenvalue weighted by Crippen LogP contribution is 2.26. The van der Waals surface area contributed by atoms with E-state index in [0.717, 1.165) is 4.57 Å². The topological polar surface area (TPSA) is 71.1 Å². The summed E-state index contributed by atoms with van der Waals surface area (Å²) in [7, 11) is 3.04. The Morgan fingerprint density at radius 1 is 1.12 bits per heavy atom. The minimum absolute atomic E-state index is 0.256. The van der Waals surface area contributed by atoms with E-state index in [-0.39, 0.29) is 11.9 Å². The van der Waals surface area contributed by atoms with Gasteiger partial charge < -0.3 is 4.74 Å². The number of halogens is 1. The number of aryl methyl sites for hydroxylation is 1. The third-order valence-electron chi connectivity index (χ3n) is 3.88. The maximum Gasteiger partial charge on any atom is 0.332 e. The summed E-state index contributed by atoms with van der Waals surface area (Å²) in [6, 6.07) is 7.13. The predicted molar refractivity (Wildman–Crippen MR) is 96.6 cm³/mol. The lowest BCUT2D eigenvalue weighted by Gasteiger charge is -2.12. The maximum absolute atomic E-state index is 12.6. The van der Waals surface area contributed by atoms with Gasteiger partial charge in [0.2, 0.25) is 0 Å². The molecule has 0 radical (unpaired) electrons. The van der Waals surface area contributed by atoms with Crippen molar-refractivity contribution < 1.29 is 4.74 Å². The molecule has 3 aromatic rings. The summed E-state index contributed by atoms with van der Waals surface area (Å²) in [5.41, 5.74) is -0.165. The van der Waals surface area contributed by atoms with Gasteiger partial charge in [-0.05, 0) is 30.2 Å². The van der Waals surface area contributed by atoms with E-state index in [9.17, 15) is 9.59 Å². The van der Waals surface area contributed by atoms with Crippen LogP contribution in [0.1, 0.15) is 13.8 Å². The van der Waals surface area contributed by atoms with Crippen LogP contribution in [0.2, 0.25) is 5.02 Å². The molecule has 0 unspecified atom stereocenters. The van der Waals surface area contributed by atoms with E-state index in [0.29, 0.717) is 28.5 Å². The van der Waals surface area contributed by atoms with Crippen LogP contribution in [0.5, 0.6) is 11.8 Å². The average Bonchev–Trinajstić information content (AvgIpc) is 2.91. The van der Waals surface area contributed by atoms with Crippen molar-refractivity contribution in [3.8, 4) is 11.8 Å². The van der Waals surface area contributed by atoms with Gasteiger partial charge in [-0.3, -0.25) is 18.5 Å². The fraction of sp³-hybridized carbons (Fsp3) is 0.353. The highest BCUT2D eigenvalue weighted by atomic mass is 35.5. The van der Waals surface area contributed by atoms with Crippen molar-refractivity contribution in [1.82, 2.24) is 18.7 Å². The van der Waals surface area contributed by atoms with Gasteiger partial charge in [-0.1, -0.05) is 25.4 Å². The largest absolute Gasteiger partial charge is 0.425 e. The number of benzene rings is 1. The molecule has 2 heterocycles. The molecule has 25 heavy (non-hydrogen) atoms. The SMILES string of the molecule is CC(C)Cn1c(Oc2ccc(Cl)cc2)nc2c1c(=O)n(C)c(=O)n2C. The van der Waals surface area contributed by atoms with E-state index >= 15 is 0 Å².